The summed E-state index contributed by atoms with van der Waals surface area (Å²) in [5.74, 6) is 0.225. The van der Waals surface area contributed by atoms with E-state index in [1.807, 2.05) is 0 Å². The molecule has 8 nitrogen and oxygen atoms in total. The first-order valence-electron chi connectivity index (χ1n) is 8.83. The maximum absolute atomic E-state index is 12.8. The van der Waals surface area contributed by atoms with Gasteiger partial charge in [-0.1, -0.05) is 5.16 Å². The molecule has 0 aliphatic carbocycles. The number of aromatic nitrogens is 1. The molecule has 2 fully saturated rings. The first kappa shape index (κ1) is 21.1. The second kappa shape index (κ2) is 8.69. The minimum atomic E-state index is -3.62. The summed E-state index contributed by atoms with van der Waals surface area (Å²) in [5, 5.41) is 10.1. The second-order valence-electron chi connectivity index (χ2n) is 6.88. The molecule has 0 aromatic carbocycles. The molecule has 10 heteroatoms. The van der Waals surface area contributed by atoms with Crippen molar-refractivity contribution in [2.24, 2.45) is 5.92 Å². The number of amides is 1. The average Bonchev–Trinajstić information content (AvgIpc) is 2.95. The van der Waals surface area contributed by atoms with Gasteiger partial charge in [0, 0.05) is 31.6 Å². The van der Waals surface area contributed by atoms with Gasteiger partial charge < -0.3 is 15.2 Å². The summed E-state index contributed by atoms with van der Waals surface area (Å²) in [6.45, 7) is 5.73. The maximum atomic E-state index is 12.8. The molecule has 1 atom stereocenters. The van der Waals surface area contributed by atoms with E-state index in [4.69, 9.17) is 4.52 Å². The molecular weight excluding hydrogens is 380 g/mol. The Labute approximate surface area is 160 Å². The van der Waals surface area contributed by atoms with Gasteiger partial charge in [-0.05, 0) is 46.1 Å². The average molecular weight is 407 g/mol. The first-order valence-corrected chi connectivity index (χ1v) is 10.3. The van der Waals surface area contributed by atoms with Crippen LogP contribution in [0.15, 0.2) is 9.42 Å². The Morgan fingerprint density at radius 2 is 1.96 bits per heavy atom. The van der Waals surface area contributed by atoms with Crippen molar-refractivity contribution in [2.45, 2.75) is 50.5 Å². The fourth-order valence-corrected chi connectivity index (χ4v) is 5.39. The number of nitrogens with zero attached hydrogens (tertiary/aromatic N) is 2. The lowest BCUT2D eigenvalue weighted by atomic mass is 9.96. The number of hydrogen-bond donors (Lipinski definition) is 2. The predicted molar refractivity (Wildman–Crippen MR) is 98.7 cm³/mol. The Bertz CT molecular complexity index is 703. The third kappa shape index (κ3) is 4.39. The minimum absolute atomic E-state index is 0. The Morgan fingerprint density at radius 3 is 2.50 bits per heavy atom. The minimum Gasteiger partial charge on any atom is -0.360 e. The van der Waals surface area contributed by atoms with Gasteiger partial charge in [-0.2, -0.15) is 4.31 Å². The van der Waals surface area contributed by atoms with Gasteiger partial charge in [0.2, 0.25) is 15.9 Å². The predicted octanol–water partition coefficient (Wildman–Crippen LogP) is 0.982. The van der Waals surface area contributed by atoms with E-state index in [0.29, 0.717) is 37.4 Å². The van der Waals surface area contributed by atoms with Gasteiger partial charge in [-0.25, -0.2) is 8.42 Å². The molecule has 2 N–H and O–H groups in total. The molecule has 148 valence electrons. The number of carbonyl (C=O) groups excluding carboxylic acids is 1. The Kier molecular flexibility index (Phi) is 7.06. The highest BCUT2D eigenvalue weighted by Crippen LogP contribution is 2.27. The molecule has 0 radical (unpaired) electrons. The van der Waals surface area contributed by atoms with E-state index in [9.17, 15) is 13.2 Å². The smallest absolute Gasteiger partial charge is 0.248 e. The van der Waals surface area contributed by atoms with Gasteiger partial charge in [0.05, 0.1) is 0 Å². The van der Waals surface area contributed by atoms with Gasteiger partial charge in [-0.3, -0.25) is 4.79 Å². The Hall–Kier alpha value is -1.16. The van der Waals surface area contributed by atoms with Crippen LogP contribution in [0.1, 0.15) is 37.1 Å². The quantitative estimate of drug-likeness (QED) is 0.772. The normalized spacial score (nSPS) is 22.6. The van der Waals surface area contributed by atoms with Crippen LogP contribution < -0.4 is 10.6 Å². The molecule has 26 heavy (non-hydrogen) atoms. The molecule has 2 aliphatic heterocycles. The van der Waals surface area contributed by atoms with Crippen LogP contribution in [0.4, 0.5) is 0 Å². The van der Waals surface area contributed by atoms with Crippen molar-refractivity contribution in [3.63, 3.8) is 0 Å². The zero-order valence-corrected chi connectivity index (χ0v) is 16.8. The number of nitrogens with one attached hydrogen (secondary N) is 2. The topological polar surface area (TPSA) is 105 Å². The largest absolute Gasteiger partial charge is 0.360 e. The molecule has 1 aromatic rings. The molecule has 2 aliphatic rings. The summed E-state index contributed by atoms with van der Waals surface area (Å²) < 4.78 is 32.0. The van der Waals surface area contributed by atoms with Crippen LogP contribution in [0.3, 0.4) is 0 Å². The summed E-state index contributed by atoms with van der Waals surface area (Å²) in [7, 11) is -3.62. The zero-order chi connectivity index (χ0) is 18.0. The number of rotatable bonds is 4. The van der Waals surface area contributed by atoms with Crippen molar-refractivity contribution in [3.8, 4) is 0 Å². The van der Waals surface area contributed by atoms with Crippen molar-refractivity contribution < 1.29 is 17.7 Å². The van der Waals surface area contributed by atoms with Gasteiger partial charge >= 0.3 is 0 Å². The molecule has 3 heterocycles. The van der Waals surface area contributed by atoms with Crippen LogP contribution in [0, 0.1) is 19.8 Å². The van der Waals surface area contributed by atoms with E-state index >= 15 is 0 Å². The van der Waals surface area contributed by atoms with Crippen molar-refractivity contribution >= 4 is 28.3 Å². The monoisotopic (exact) mass is 406 g/mol. The summed E-state index contributed by atoms with van der Waals surface area (Å²) in [6.07, 6.45) is 3.14. The number of sulfonamides is 1. The lowest BCUT2D eigenvalue weighted by molar-refractivity contribution is -0.126. The number of carbonyl (C=O) groups is 1. The van der Waals surface area contributed by atoms with Crippen LogP contribution in [0.5, 0.6) is 0 Å². The van der Waals surface area contributed by atoms with E-state index in [-0.39, 0.29) is 35.2 Å². The number of aryl methyl sites for hydroxylation is 2. The zero-order valence-electron chi connectivity index (χ0n) is 15.2. The summed E-state index contributed by atoms with van der Waals surface area (Å²) >= 11 is 0. The lowest BCUT2D eigenvalue weighted by Gasteiger charge is -2.32. The third-order valence-corrected chi connectivity index (χ3v) is 7.18. The van der Waals surface area contributed by atoms with E-state index in [1.165, 1.54) is 4.31 Å². The summed E-state index contributed by atoms with van der Waals surface area (Å²) in [5.41, 5.74) is 0.377. The van der Waals surface area contributed by atoms with Gasteiger partial charge in [-0.15, -0.1) is 12.4 Å². The molecule has 3 rings (SSSR count). The Morgan fingerprint density at radius 1 is 1.27 bits per heavy atom. The number of hydrogen-bond acceptors (Lipinski definition) is 6. The summed E-state index contributed by atoms with van der Waals surface area (Å²) in [4.78, 5) is 12.6. The second-order valence-corrected chi connectivity index (χ2v) is 8.76. The molecule has 1 aromatic heterocycles. The van der Waals surface area contributed by atoms with Crippen LogP contribution in [-0.4, -0.2) is 56.0 Å². The van der Waals surface area contributed by atoms with Gasteiger partial charge in [0.25, 0.3) is 0 Å². The highest BCUT2D eigenvalue weighted by atomic mass is 35.5. The van der Waals surface area contributed by atoms with Crippen molar-refractivity contribution in [1.82, 2.24) is 20.1 Å². The number of piperidine rings is 2. The molecular formula is C16H27ClN4O4S. The highest BCUT2D eigenvalue weighted by molar-refractivity contribution is 7.89. The lowest BCUT2D eigenvalue weighted by Crippen LogP contribution is -2.49. The van der Waals surface area contributed by atoms with E-state index in [0.717, 1.165) is 25.9 Å². The molecule has 0 bridgehead atoms. The summed E-state index contributed by atoms with van der Waals surface area (Å²) in [6, 6.07) is 0.185. The fourth-order valence-electron chi connectivity index (χ4n) is 3.62. The van der Waals surface area contributed by atoms with E-state index in [1.54, 1.807) is 13.8 Å². The van der Waals surface area contributed by atoms with Crippen molar-refractivity contribution in [3.05, 3.63) is 11.5 Å². The molecule has 1 amide bonds. The molecule has 0 spiro atoms. The van der Waals surface area contributed by atoms with Crippen LogP contribution in [0.2, 0.25) is 0 Å². The van der Waals surface area contributed by atoms with E-state index < -0.39 is 10.0 Å². The van der Waals surface area contributed by atoms with Crippen LogP contribution >= 0.6 is 12.4 Å². The first-order chi connectivity index (χ1) is 11.9. The van der Waals surface area contributed by atoms with E-state index in [2.05, 4.69) is 15.8 Å². The molecule has 0 unspecified atom stereocenters. The molecule has 2 saturated heterocycles. The fraction of sp³-hybridized carbons (Fsp3) is 0.750. The van der Waals surface area contributed by atoms with Crippen molar-refractivity contribution in [1.29, 1.82) is 0 Å². The number of halogens is 1. The van der Waals surface area contributed by atoms with Gasteiger partial charge in [0.15, 0.2) is 5.76 Å². The van der Waals surface area contributed by atoms with Crippen molar-refractivity contribution in [2.75, 3.05) is 26.2 Å². The standard InChI is InChI=1S/C16H26N4O4S.ClH/c1-11-15(12(2)24-19-11)25(22,23)20-8-5-13(6-9-20)16(21)18-14-4-3-7-17-10-14;/h13-14,17H,3-10H2,1-2H3,(H,18,21);1H/t14-;/m0./s1. The van der Waals surface area contributed by atoms with Crippen LogP contribution in [-0.2, 0) is 14.8 Å². The third-order valence-electron chi connectivity index (χ3n) is 5.03. The highest BCUT2D eigenvalue weighted by Gasteiger charge is 2.35. The maximum Gasteiger partial charge on any atom is 0.248 e. The Balaban J connectivity index is 0.00000243. The molecule has 0 saturated carbocycles. The van der Waals surface area contributed by atoms with Crippen LogP contribution in [0.25, 0.3) is 0 Å². The SMILES string of the molecule is Cc1noc(C)c1S(=O)(=O)N1CCC(C(=O)N[C@H]2CCCNC2)CC1.Cl. The van der Waals surface area contributed by atoms with Gasteiger partial charge in [0.1, 0.15) is 10.6 Å².